The van der Waals surface area contributed by atoms with Crippen molar-refractivity contribution in [3.8, 4) is 0 Å². The van der Waals surface area contributed by atoms with Crippen LogP contribution in [-0.4, -0.2) is 0 Å². The summed E-state index contributed by atoms with van der Waals surface area (Å²) in [6, 6.07) is 6.36. The van der Waals surface area contributed by atoms with E-state index >= 15 is 0 Å². The molecule has 86 valence electrons. The summed E-state index contributed by atoms with van der Waals surface area (Å²) in [4.78, 5) is 0. The van der Waals surface area contributed by atoms with Gasteiger partial charge in [-0.1, -0.05) is 59.2 Å². The molecular formula is C14H23Cl. The van der Waals surface area contributed by atoms with Gasteiger partial charge in [-0.15, -0.1) is 0 Å². The highest BCUT2D eigenvalue weighted by Crippen LogP contribution is 2.25. The summed E-state index contributed by atoms with van der Waals surface area (Å²) in [6.45, 7) is 12.8. The average Bonchev–Trinajstić information content (AvgIpc) is 2.19. The smallest absolute Gasteiger partial charge is 0.0411 e. The summed E-state index contributed by atoms with van der Waals surface area (Å²) in [5.41, 5.74) is 2.66. The Morgan fingerprint density at radius 3 is 1.40 bits per heavy atom. The van der Waals surface area contributed by atoms with Gasteiger partial charge in [-0.25, -0.2) is 0 Å². The molecule has 0 saturated heterocycles. The van der Waals surface area contributed by atoms with Gasteiger partial charge in [-0.3, -0.25) is 0 Å². The quantitative estimate of drug-likeness (QED) is 0.615. The molecule has 0 nitrogen and oxygen atoms in total. The second kappa shape index (κ2) is 6.90. The first-order chi connectivity index (χ1) is 7.00. The molecule has 0 fully saturated rings. The van der Waals surface area contributed by atoms with Gasteiger partial charge < -0.3 is 0 Å². The van der Waals surface area contributed by atoms with E-state index in [0.29, 0.717) is 11.8 Å². The fourth-order valence-corrected chi connectivity index (χ4v) is 1.55. The highest BCUT2D eigenvalue weighted by atomic mass is 35.5. The van der Waals surface area contributed by atoms with Gasteiger partial charge in [0.2, 0.25) is 0 Å². The minimum Gasteiger partial charge on any atom is -0.0843 e. The standard InChI is InChI=1S/C12H17Cl.C2H6/c1-8(2)10-5-11(9(3)4)7-12(13)6-10;1-2/h5-9H,1-4H3;1-2H3. The van der Waals surface area contributed by atoms with E-state index in [2.05, 4.69) is 45.9 Å². The summed E-state index contributed by atoms with van der Waals surface area (Å²) < 4.78 is 0. The minimum absolute atomic E-state index is 0.552. The Hall–Kier alpha value is -0.490. The summed E-state index contributed by atoms with van der Waals surface area (Å²) >= 11 is 6.04. The van der Waals surface area contributed by atoms with Crippen LogP contribution in [0.15, 0.2) is 18.2 Å². The highest BCUT2D eigenvalue weighted by molar-refractivity contribution is 6.30. The predicted octanol–water partition coefficient (Wildman–Crippen LogP) is 5.61. The molecule has 0 amide bonds. The van der Waals surface area contributed by atoms with Gasteiger partial charge in [0.15, 0.2) is 0 Å². The van der Waals surface area contributed by atoms with Crippen molar-refractivity contribution in [2.45, 2.75) is 53.4 Å². The zero-order valence-electron chi connectivity index (χ0n) is 10.8. The van der Waals surface area contributed by atoms with Crippen LogP contribution in [0.3, 0.4) is 0 Å². The Morgan fingerprint density at radius 2 is 1.13 bits per heavy atom. The molecule has 0 aliphatic heterocycles. The van der Waals surface area contributed by atoms with Crippen molar-refractivity contribution in [1.29, 1.82) is 0 Å². The molecule has 0 bridgehead atoms. The van der Waals surface area contributed by atoms with Crippen molar-refractivity contribution in [2.75, 3.05) is 0 Å². The van der Waals surface area contributed by atoms with Crippen LogP contribution in [-0.2, 0) is 0 Å². The van der Waals surface area contributed by atoms with Gasteiger partial charge in [0.1, 0.15) is 0 Å². The molecular weight excluding hydrogens is 204 g/mol. The lowest BCUT2D eigenvalue weighted by atomic mass is 9.96. The van der Waals surface area contributed by atoms with Crippen LogP contribution in [0.4, 0.5) is 0 Å². The lowest BCUT2D eigenvalue weighted by Crippen LogP contribution is -1.93. The lowest BCUT2D eigenvalue weighted by molar-refractivity contribution is 0.834. The van der Waals surface area contributed by atoms with E-state index in [-0.39, 0.29) is 0 Å². The van der Waals surface area contributed by atoms with Crippen molar-refractivity contribution in [1.82, 2.24) is 0 Å². The number of hydrogen-bond donors (Lipinski definition) is 0. The Balaban J connectivity index is 0.000000921. The van der Waals surface area contributed by atoms with Crippen molar-refractivity contribution >= 4 is 11.6 Å². The first kappa shape index (κ1) is 14.5. The van der Waals surface area contributed by atoms with Crippen LogP contribution in [0.25, 0.3) is 0 Å². The molecule has 0 aromatic heterocycles. The van der Waals surface area contributed by atoms with E-state index in [1.807, 2.05) is 13.8 Å². The highest BCUT2D eigenvalue weighted by Gasteiger charge is 2.05. The van der Waals surface area contributed by atoms with Crippen molar-refractivity contribution in [2.24, 2.45) is 0 Å². The number of hydrogen-bond acceptors (Lipinski definition) is 0. The normalized spacial score (nSPS) is 10.2. The van der Waals surface area contributed by atoms with E-state index < -0.39 is 0 Å². The molecule has 0 radical (unpaired) electrons. The van der Waals surface area contributed by atoms with Crippen LogP contribution in [0.2, 0.25) is 5.02 Å². The van der Waals surface area contributed by atoms with Crippen LogP contribution in [0, 0.1) is 0 Å². The Kier molecular flexibility index (Phi) is 6.67. The summed E-state index contributed by atoms with van der Waals surface area (Å²) in [6.07, 6.45) is 0. The number of halogens is 1. The predicted molar refractivity (Wildman–Crippen MR) is 71.0 cm³/mol. The third kappa shape index (κ3) is 4.70. The Labute approximate surface area is 99.7 Å². The van der Waals surface area contributed by atoms with Gasteiger partial charge >= 0.3 is 0 Å². The Morgan fingerprint density at radius 1 is 0.800 bits per heavy atom. The van der Waals surface area contributed by atoms with E-state index in [0.717, 1.165) is 5.02 Å². The molecule has 0 saturated carbocycles. The molecule has 1 rings (SSSR count). The first-order valence-corrected chi connectivity index (χ1v) is 6.19. The second-order valence-electron chi connectivity index (χ2n) is 4.13. The number of benzene rings is 1. The van der Waals surface area contributed by atoms with Gasteiger partial charge in [0, 0.05) is 5.02 Å². The fourth-order valence-electron chi connectivity index (χ4n) is 1.30. The molecule has 0 heterocycles. The molecule has 0 aliphatic rings. The van der Waals surface area contributed by atoms with Gasteiger partial charge in [0.05, 0.1) is 0 Å². The van der Waals surface area contributed by atoms with Crippen molar-refractivity contribution in [3.05, 3.63) is 34.3 Å². The SMILES string of the molecule is CC.CC(C)c1cc(Cl)cc(C(C)C)c1. The maximum absolute atomic E-state index is 6.04. The maximum Gasteiger partial charge on any atom is 0.0411 e. The average molecular weight is 227 g/mol. The van der Waals surface area contributed by atoms with Gasteiger partial charge in [-0.2, -0.15) is 0 Å². The van der Waals surface area contributed by atoms with Crippen molar-refractivity contribution in [3.63, 3.8) is 0 Å². The topological polar surface area (TPSA) is 0 Å². The first-order valence-electron chi connectivity index (χ1n) is 5.81. The zero-order valence-corrected chi connectivity index (χ0v) is 11.5. The third-order valence-corrected chi connectivity index (χ3v) is 2.49. The molecule has 0 aliphatic carbocycles. The molecule has 0 unspecified atom stereocenters. The zero-order chi connectivity index (χ0) is 12.0. The third-order valence-electron chi connectivity index (χ3n) is 2.28. The minimum atomic E-state index is 0.552. The van der Waals surface area contributed by atoms with Crippen LogP contribution in [0.5, 0.6) is 0 Å². The fraction of sp³-hybridized carbons (Fsp3) is 0.571. The monoisotopic (exact) mass is 226 g/mol. The molecule has 0 atom stereocenters. The van der Waals surface area contributed by atoms with Gasteiger partial charge in [0.25, 0.3) is 0 Å². The summed E-state index contributed by atoms with van der Waals surface area (Å²) in [5, 5.41) is 0.856. The molecule has 0 spiro atoms. The van der Waals surface area contributed by atoms with Crippen molar-refractivity contribution < 1.29 is 0 Å². The molecule has 1 aromatic carbocycles. The maximum atomic E-state index is 6.04. The van der Waals surface area contributed by atoms with E-state index in [9.17, 15) is 0 Å². The molecule has 15 heavy (non-hydrogen) atoms. The largest absolute Gasteiger partial charge is 0.0843 e. The number of rotatable bonds is 2. The lowest BCUT2D eigenvalue weighted by Gasteiger charge is -2.11. The van der Waals surface area contributed by atoms with E-state index in [4.69, 9.17) is 11.6 Å². The van der Waals surface area contributed by atoms with Crippen LogP contribution >= 0.6 is 11.6 Å². The molecule has 1 aromatic rings. The van der Waals surface area contributed by atoms with E-state index in [1.165, 1.54) is 11.1 Å². The van der Waals surface area contributed by atoms with Crippen LogP contribution < -0.4 is 0 Å². The van der Waals surface area contributed by atoms with E-state index in [1.54, 1.807) is 0 Å². The second-order valence-corrected chi connectivity index (χ2v) is 4.56. The van der Waals surface area contributed by atoms with Gasteiger partial charge in [-0.05, 0) is 35.1 Å². The summed E-state index contributed by atoms with van der Waals surface area (Å²) in [5.74, 6) is 1.10. The Bertz CT molecular complexity index is 261. The molecule has 1 heteroatoms. The summed E-state index contributed by atoms with van der Waals surface area (Å²) in [7, 11) is 0. The molecule has 0 N–H and O–H groups in total. The van der Waals surface area contributed by atoms with Crippen LogP contribution in [0.1, 0.15) is 64.5 Å².